The van der Waals surface area contributed by atoms with Gasteiger partial charge in [0.05, 0.1) is 18.4 Å². The summed E-state index contributed by atoms with van der Waals surface area (Å²) < 4.78 is 6.25. The molecule has 1 atom stereocenters. The molecule has 1 amide bonds. The molecule has 0 radical (unpaired) electrons. The van der Waals surface area contributed by atoms with E-state index in [4.69, 9.17) is 4.42 Å². The van der Waals surface area contributed by atoms with Crippen molar-refractivity contribution in [1.82, 2.24) is 14.7 Å². The highest BCUT2D eigenvalue weighted by Gasteiger charge is 2.25. The number of nitrogens with one attached hydrogen (secondary N) is 1. The van der Waals surface area contributed by atoms with Gasteiger partial charge in [0, 0.05) is 0 Å². The molecule has 1 N–H and O–H groups in total. The monoisotopic (exact) mass is 295 g/mol. The number of carbonyl (C=O) groups excluding carboxylic acids is 1. The number of aromatic nitrogens is 2. The van der Waals surface area contributed by atoms with Crippen LogP contribution in [0.5, 0.6) is 0 Å². The highest BCUT2D eigenvalue weighted by molar-refractivity contribution is 5.94. The Bertz CT molecular complexity index is 926. The maximum Gasteiger partial charge on any atom is 0.308 e. The van der Waals surface area contributed by atoms with Crippen LogP contribution in [0.25, 0.3) is 5.84 Å². The van der Waals surface area contributed by atoms with Gasteiger partial charge in [-0.05, 0) is 24.0 Å². The van der Waals surface area contributed by atoms with Gasteiger partial charge in [0.15, 0.2) is 0 Å². The van der Waals surface area contributed by atoms with Crippen LogP contribution in [0.15, 0.2) is 52.1 Å². The van der Waals surface area contributed by atoms with Crippen LogP contribution < -0.4 is 10.9 Å². The van der Waals surface area contributed by atoms with Crippen LogP contribution >= 0.6 is 0 Å². The molecule has 2 heterocycles. The number of aryl methyl sites for hydroxylation is 1. The van der Waals surface area contributed by atoms with Gasteiger partial charge in [-0.15, -0.1) is 0 Å². The lowest BCUT2D eigenvalue weighted by atomic mass is 10.1. The molecule has 0 fully saturated rings. The van der Waals surface area contributed by atoms with Crippen LogP contribution in [0, 0.1) is 0 Å². The first kappa shape index (κ1) is 12.8. The summed E-state index contributed by atoms with van der Waals surface area (Å²) in [4.78, 5) is 28.6. The average molecular weight is 295 g/mol. The number of fused-ring (bicyclic) bond motifs is 2. The highest BCUT2D eigenvalue weighted by atomic mass is 16.3. The molecular weight excluding hydrogens is 282 g/mol. The molecule has 22 heavy (non-hydrogen) atoms. The van der Waals surface area contributed by atoms with Gasteiger partial charge in [-0.3, -0.25) is 9.59 Å². The van der Waals surface area contributed by atoms with Crippen molar-refractivity contribution < 1.29 is 9.21 Å². The molecule has 1 aromatic carbocycles. The van der Waals surface area contributed by atoms with Gasteiger partial charge in [-0.25, -0.2) is 9.38 Å². The van der Waals surface area contributed by atoms with Gasteiger partial charge in [0.25, 0.3) is 11.5 Å². The summed E-state index contributed by atoms with van der Waals surface area (Å²) in [6, 6.07) is 7.96. The van der Waals surface area contributed by atoms with E-state index in [2.05, 4.69) is 16.4 Å². The van der Waals surface area contributed by atoms with E-state index in [9.17, 15) is 9.59 Å². The Labute approximate surface area is 125 Å². The summed E-state index contributed by atoms with van der Waals surface area (Å²) in [5.74, 6) is -0.234. The topological polar surface area (TPSA) is 76.6 Å². The summed E-state index contributed by atoms with van der Waals surface area (Å²) in [6.45, 7) is 0. The fraction of sp³-hybridized carbons (Fsp3) is 0.188. The smallest absolute Gasteiger partial charge is 0.308 e. The summed E-state index contributed by atoms with van der Waals surface area (Å²) in [5.41, 5.74) is 1.95. The maximum atomic E-state index is 12.4. The van der Waals surface area contributed by atoms with Gasteiger partial charge in [-0.1, -0.05) is 24.3 Å². The molecule has 0 bridgehead atoms. The predicted octanol–water partition coefficient (Wildman–Crippen LogP) is 1.70. The highest BCUT2D eigenvalue weighted by Crippen LogP contribution is 2.30. The average Bonchev–Trinajstić information content (AvgIpc) is 3.15. The van der Waals surface area contributed by atoms with E-state index in [1.165, 1.54) is 28.6 Å². The molecule has 6 heteroatoms. The first-order valence-electron chi connectivity index (χ1n) is 7.07. The zero-order valence-electron chi connectivity index (χ0n) is 11.7. The molecule has 0 saturated heterocycles. The van der Waals surface area contributed by atoms with E-state index in [1.807, 2.05) is 18.2 Å². The van der Waals surface area contributed by atoms with Crippen molar-refractivity contribution in [2.45, 2.75) is 18.9 Å². The lowest BCUT2D eigenvalue weighted by molar-refractivity contribution is 0.0934. The Hall–Kier alpha value is -2.89. The van der Waals surface area contributed by atoms with Gasteiger partial charge < -0.3 is 9.73 Å². The van der Waals surface area contributed by atoms with Crippen LogP contribution in [-0.2, 0) is 6.42 Å². The van der Waals surface area contributed by atoms with Crippen LogP contribution in [0.3, 0.4) is 0 Å². The summed E-state index contributed by atoms with van der Waals surface area (Å²) >= 11 is 0. The number of oxazole rings is 1. The minimum absolute atomic E-state index is 0.0169. The van der Waals surface area contributed by atoms with Crippen LogP contribution in [0.4, 0.5) is 0 Å². The van der Waals surface area contributed by atoms with Crippen molar-refractivity contribution in [3.05, 3.63) is 70.0 Å². The number of hydrogen-bond donors (Lipinski definition) is 1. The number of rotatable bonds is 2. The molecule has 6 nitrogen and oxygen atoms in total. The molecule has 0 saturated carbocycles. The van der Waals surface area contributed by atoms with E-state index in [0.29, 0.717) is 0 Å². The van der Waals surface area contributed by atoms with E-state index < -0.39 is 11.5 Å². The van der Waals surface area contributed by atoms with Crippen molar-refractivity contribution in [2.24, 2.45) is 0 Å². The number of amides is 1. The number of nitrogens with zero attached hydrogens (tertiary/aromatic N) is 2. The molecule has 110 valence electrons. The molecule has 3 aromatic rings. The molecular formula is C16H13N3O3. The second-order valence-electron chi connectivity index (χ2n) is 5.30. The molecule has 2 aromatic heterocycles. The SMILES string of the molecule is O=C(NC1CCc2ccccc21)c1cnc2occn2c1=O. The first-order valence-corrected chi connectivity index (χ1v) is 7.07. The lowest BCUT2D eigenvalue weighted by Crippen LogP contribution is -2.33. The second kappa shape index (κ2) is 4.84. The van der Waals surface area contributed by atoms with Crippen molar-refractivity contribution in [3.8, 4) is 0 Å². The Morgan fingerprint density at radius 1 is 1.36 bits per heavy atom. The standard InChI is InChI=1S/C16H13N3O3/c20-14(12-9-17-16-19(15(12)21)7-8-22-16)18-13-6-5-10-3-1-2-4-11(10)13/h1-4,7-9,13H,5-6H2,(H,18,20). The zero-order valence-corrected chi connectivity index (χ0v) is 11.7. The summed E-state index contributed by atoms with van der Waals surface area (Å²) in [5, 5.41) is 2.93. The number of hydrogen-bond acceptors (Lipinski definition) is 4. The molecule has 0 aliphatic heterocycles. The van der Waals surface area contributed by atoms with Crippen LogP contribution in [0.2, 0.25) is 0 Å². The zero-order chi connectivity index (χ0) is 15.1. The number of carbonyl (C=O) groups is 1. The minimum atomic E-state index is -0.428. The van der Waals surface area contributed by atoms with Crippen LogP contribution in [0.1, 0.15) is 33.9 Å². The van der Waals surface area contributed by atoms with E-state index in [0.717, 1.165) is 18.4 Å². The van der Waals surface area contributed by atoms with Gasteiger partial charge in [-0.2, -0.15) is 0 Å². The number of benzene rings is 1. The van der Waals surface area contributed by atoms with E-state index >= 15 is 0 Å². The molecule has 0 spiro atoms. The normalized spacial score (nSPS) is 16.6. The Kier molecular flexibility index (Phi) is 2.82. The maximum absolute atomic E-state index is 12.4. The first-order chi connectivity index (χ1) is 10.7. The van der Waals surface area contributed by atoms with Crippen molar-refractivity contribution in [3.63, 3.8) is 0 Å². The minimum Gasteiger partial charge on any atom is -0.432 e. The van der Waals surface area contributed by atoms with Gasteiger partial charge in [0.1, 0.15) is 11.8 Å². The molecule has 1 unspecified atom stereocenters. The third-order valence-corrected chi connectivity index (χ3v) is 4.03. The summed E-state index contributed by atoms with van der Waals surface area (Å²) in [7, 11) is 0. The third-order valence-electron chi connectivity index (χ3n) is 4.03. The molecule has 1 aliphatic rings. The largest absolute Gasteiger partial charge is 0.432 e. The van der Waals surface area contributed by atoms with E-state index in [1.54, 1.807) is 0 Å². The third kappa shape index (κ3) is 1.92. The fourth-order valence-electron chi connectivity index (χ4n) is 2.92. The van der Waals surface area contributed by atoms with Crippen molar-refractivity contribution in [1.29, 1.82) is 0 Å². The summed E-state index contributed by atoms with van der Waals surface area (Å²) in [6.07, 6.45) is 5.84. The fourth-order valence-corrected chi connectivity index (χ4v) is 2.92. The predicted molar refractivity (Wildman–Crippen MR) is 78.7 cm³/mol. The van der Waals surface area contributed by atoms with Gasteiger partial charge >= 0.3 is 5.84 Å². The Morgan fingerprint density at radius 2 is 2.23 bits per heavy atom. The molecule has 4 rings (SSSR count). The quantitative estimate of drug-likeness (QED) is 0.780. The lowest BCUT2D eigenvalue weighted by Gasteiger charge is -2.13. The van der Waals surface area contributed by atoms with E-state index in [-0.39, 0.29) is 17.4 Å². The molecule has 1 aliphatic carbocycles. The van der Waals surface area contributed by atoms with Crippen molar-refractivity contribution >= 4 is 11.8 Å². The van der Waals surface area contributed by atoms with Crippen LogP contribution in [-0.4, -0.2) is 15.3 Å². The Morgan fingerprint density at radius 3 is 3.14 bits per heavy atom. The second-order valence-corrected chi connectivity index (χ2v) is 5.30. The van der Waals surface area contributed by atoms with Crippen molar-refractivity contribution in [2.75, 3.05) is 0 Å². The Balaban J connectivity index is 1.65. The van der Waals surface area contributed by atoms with Gasteiger partial charge in [0.2, 0.25) is 0 Å².